The predicted octanol–water partition coefficient (Wildman–Crippen LogP) is 7.28. The van der Waals surface area contributed by atoms with Crippen molar-refractivity contribution < 1.29 is 14.4 Å². The van der Waals surface area contributed by atoms with Crippen LogP contribution in [0.1, 0.15) is 179 Å². The van der Waals surface area contributed by atoms with Gasteiger partial charge in [-0.15, -0.1) is 0 Å². The van der Waals surface area contributed by atoms with E-state index in [0.717, 1.165) is 77.0 Å². The van der Waals surface area contributed by atoms with Gasteiger partial charge < -0.3 is 29.4 Å². The summed E-state index contributed by atoms with van der Waals surface area (Å²) in [5.74, 6) is 2.56. The number of piperazine rings is 3. The molecule has 15 nitrogen and oxygen atoms in total. The predicted molar refractivity (Wildman–Crippen MR) is 280 cm³/mol. The van der Waals surface area contributed by atoms with Crippen molar-refractivity contribution in [3.8, 4) is 0 Å². The third kappa shape index (κ3) is 10.9. The topological polar surface area (TPSA) is 119 Å². The largest absolute Gasteiger partial charge is 0.337 e. The maximum atomic E-state index is 14.3. The summed E-state index contributed by atoms with van der Waals surface area (Å²) in [6, 6.07) is 0.699. The van der Waals surface area contributed by atoms with E-state index in [2.05, 4.69) is 148 Å². The Kier molecular flexibility index (Phi) is 15.7. The van der Waals surface area contributed by atoms with E-state index in [1.54, 1.807) is 0 Å². The fourth-order valence-corrected chi connectivity index (χ4v) is 13.3. The number of carbonyl (C=O) groups is 3. The second-order valence-electron chi connectivity index (χ2n) is 25.7. The molecule has 3 aliphatic heterocycles. The summed E-state index contributed by atoms with van der Waals surface area (Å²) >= 11 is 0. The van der Waals surface area contributed by atoms with Crippen molar-refractivity contribution in [2.45, 2.75) is 231 Å². The zero-order valence-electron chi connectivity index (χ0n) is 46.3. The van der Waals surface area contributed by atoms with Gasteiger partial charge in [0.15, 0.2) is 0 Å². The van der Waals surface area contributed by atoms with Gasteiger partial charge in [0.1, 0.15) is 0 Å². The van der Waals surface area contributed by atoms with Gasteiger partial charge in [-0.3, -0.25) is 29.1 Å². The van der Waals surface area contributed by atoms with Crippen LogP contribution in [0.5, 0.6) is 0 Å². The fraction of sp³-hybridized carbons (Fsp3) is 0.889. The van der Waals surface area contributed by atoms with Crippen molar-refractivity contribution in [1.82, 2.24) is 44.4 Å². The molecule has 3 saturated heterocycles. The van der Waals surface area contributed by atoms with Gasteiger partial charge in [-0.25, -0.2) is 0 Å². The van der Waals surface area contributed by atoms with Crippen LogP contribution in [0.25, 0.3) is 0 Å². The fourth-order valence-electron chi connectivity index (χ4n) is 13.3. The molecule has 4 heterocycles. The Bertz CT molecular complexity index is 1730. The van der Waals surface area contributed by atoms with Crippen LogP contribution in [0.2, 0.25) is 0 Å². The molecule has 0 bridgehead atoms. The van der Waals surface area contributed by atoms with Crippen LogP contribution in [0.4, 0.5) is 17.8 Å². The molecule has 0 aromatic carbocycles. The van der Waals surface area contributed by atoms with E-state index in [1.807, 2.05) is 0 Å². The minimum Gasteiger partial charge on any atom is -0.337 e. The molecule has 6 fully saturated rings. The lowest BCUT2D eigenvalue weighted by atomic mass is 9.87. The molecule has 0 unspecified atom stereocenters. The third-order valence-electron chi connectivity index (χ3n) is 18.7. The Hall–Kier alpha value is -3.30. The SMILES string of the molecule is CN1C(C)(C)CN(CCN(c2nc(N(CCN3CC(C)(C)N(C)C(C)(C)C3=O)C3CCCCC3)nc(N(CCN3CC(C)(C)N(C)C(C)(C)C3=O)C3CCCCC3)n2)C2CCCCC2)C(=O)C1(C)C. The van der Waals surface area contributed by atoms with Gasteiger partial charge in [0.05, 0.1) is 16.6 Å². The van der Waals surface area contributed by atoms with Gasteiger partial charge >= 0.3 is 0 Å². The molecule has 69 heavy (non-hydrogen) atoms. The molecule has 7 rings (SSSR count). The molecule has 390 valence electrons. The van der Waals surface area contributed by atoms with Gasteiger partial charge in [-0.2, -0.15) is 15.0 Å². The molecular weight excluding hydrogens is 865 g/mol. The number of nitrogens with zero attached hydrogens (tertiary/aromatic N) is 12. The van der Waals surface area contributed by atoms with Crippen molar-refractivity contribution in [2.75, 3.05) is 94.7 Å². The van der Waals surface area contributed by atoms with E-state index in [0.29, 0.717) is 76.7 Å². The lowest BCUT2D eigenvalue weighted by Crippen LogP contribution is -2.70. The Morgan fingerprint density at radius 1 is 0.391 bits per heavy atom. The maximum Gasteiger partial charge on any atom is 0.242 e. The molecule has 15 heteroatoms. The highest BCUT2D eigenvalue weighted by molar-refractivity contribution is 5.88. The number of hydrogen-bond acceptors (Lipinski definition) is 12. The average Bonchev–Trinajstić information content (AvgIpc) is 3.31. The first-order chi connectivity index (χ1) is 32.2. The van der Waals surface area contributed by atoms with Crippen molar-refractivity contribution >= 4 is 35.6 Å². The monoisotopic (exact) mass is 961 g/mol. The highest BCUT2D eigenvalue weighted by atomic mass is 16.2. The first kappa shape index (κ1) is 53.5. The smallest absolute Gasteiger partial charge is 0.242 e. The highest BCUT2D eigenvalue weighted by Gasteiger charge is 2.51. The van der Waals surface area contributed by atoms with E-state index in [4.69, 9.17) is 15.0 Å². The van der Waals surface area contributed by atoms with Crippen molar-refractivity contribution in [3.05, 3.63) is 0 Å². The standard InChI is InChI=1S/C54H96N12O3/c1-49(2)37-61(43(67)52(7,8)58(49)13)31-34-64(40-25-19-16-20-26-40)46-55-47(65(41-27-21-17-22-28-41)35-32-62-38-50(3,4)59(14)53(9,10)44(62)68)57-48(56-46)66(42-29-23-18-24-30-42)36-33-63-39-51(5,6)60(15)54(11,12)45(63)69/h40-42H,16-39H2,1-15H3. The van der Waals surface area contributed by atoms with Crippen LogP contribution in [0.3, 0.4) is 0 Å². The Balaban J connectivity index is 1.33. The normalized spacial score (nSPS) is 26.1. The van der Waals surface area contributed by atoms with Gasteiger partial charge in [-0.1, -0.05) is 57.8 Å². The molecule has 6 aliphatic rings. The van der Waals surface area contributed by atoms with E-state index in [1.165, 1.54) is 19.3 Å². The van der Waals surface area contributed by atoms with Gasteiger partial charge in [0.2, 0.25) is 35.6 Å². The van der Waals surface area contributed by atoms with E-state index in [-0.39, 0.29) is 52.5 Å². The third-order valence-corrected chi connectivity index (χ3v) is 18.7. The number of carbonyl (C=O) groups excluding carboxylic acids is 3. The molecule has 3 aliphatic carbocycles. The van der Waals surface area contributed by atoms with Crippen LogP contribution in [0, 0.1) is 0 Å². The lowest BCUT2D eigenvalue weighted by Gasteiger charge is -2.54. The summed E-state index contributed by atoms with van der Waals surface area (Å²) in [7, 11) is 6.24. The van der Waals surface area contributed by atoms with Crippen LogP contribution in [-0.2, 0) is 14.4 Å². The van der Waals surface area contributed by atoms with Crippen LogP contribution < -0.4 is 14.7 Å². The quantitative estimate of drug-likeness (QED) is 0.176. The van der Waals surface area contributed by atoms with E-state index in [9.17, 15) is 14.4 Å². The number of aromatic nitrogens is 3. The molecule has 0 N–H and O–H groups in total. The molecule has 1 aromatic rings. The van der Waals surface area contributed by atoms with Crippen molar-refractivity contribution in [1.29, 1.82) is 0 Å². The zero-order chi connectivity index (χ0) is 50.5. The van der Waals surface area contributed by atoms with Gasteiger partial charge in [0.25, 0.3) is 0 Å². The number of amides is 3. The molecule has 3 amide bonds. The van der Waals surface area contributed by atoms with Crippen LogP contribution in [-0.4, -0.2) is 193 Å². The summed E-state index contributed by atoms with van der Waals surface area (Å²) in [5.41, 5.74) is -2.45. The van der Waals surface area contributed by atoms with Crippen LogP contribution in [0.15, 0.2) is 0 Å². The first-order valence-corrected chi connectivity index (χ1v) is 27.4. The maximum absolute atomic E-state index is 14.3. The number of rotatable bonds is 15. The van der Waals surface area contributed by atoms with Crippen molar-refractivity contribution in [2.24, 2.45) is 0 Å². The molecule has 1 aromatic heterocycles. The molecule has 0 radical (unpaired) electrons. The second kappa shape index (κ2) is 20.3. The minimum atomic E-state index is -0.628. The molecule has 0 atom stereocenters. The molecule has 0 spiro atoms. The number of hydrogen-bond donors (Lipinski definition) is 0. The average molecular weight is 961 g/mol. The van der Waals surface area contributed by atoms with E-state index < -0.39 is 16.6 Å². The highest BCUT2D eigenvalue weighted by Crippen LogP contribution is 2.37. The summed E-state index contributed by atoms with van der Waals surface area (Å²) in [6.07, 6.45) is 16.9. The summed E-state index contributed by atoms with van der Waals surface area (Å²) in [6.45, 7) is 31.4. The zero-order valence-corrected chi connectivity index (χ0v) is 46.3. The molecular formula is C54H96N12O3. The van der Waals surface area contributed by atoms with Crippen molar-refractivity contribution in [3.63, 3.8) is 0 Å². The lowest BCUT2D eigenvalue weighted by molar-refractivity contribution is -0.157. The number of likely N-dealkylation sites (N-methyl/N-ethyl adjacent to an activating group) is 3. The molecule has 3 saturated carbocycles. The summed E-state index contributed by atoms with van der Waals surface area (Å²) in [5, 5.41) is 0. The first-order valence-electron chi connectivity index (χ1n) is 27.4. The Morgan fingerprint density at radius 2 is 0.609 bits per heavy atom. The van der Waals surface area contributed by atoms with Crippen LogP contribution >= 0.6 is 0 Å². The Labute approximate surface area is 418 Å². The van der Waals surface area contributed by atoms with Gasteiger partial charge in [-0.05, 0) is 143 Å². The minimum absolute atomic E-state index is 0.159. The second-order valence-corrected chi connectivity index (χ2v) is 25.7. The van der Waals surface area contributed by atoms with E-state index >= 15 is 0 Å². The van der Waals surface area contributed by atoms with Gasteiger partial charge in [0, 0.05) is 93.6 Å². The Morgan fingerprint density at radius 3 is 0.826 bits per heavy atom. The summed E-state index contributed by atoms with van der Waals surface area (Å²) in [4.78, 5) is 80.2. The summed E-state index contributed by atoms with van der Waals surface area (Å²) < 4.78 is 0. The number of anilines is 3.